The number of nitrogens with zero attached hydrogens (tertiary/aromatic N) is 1. The number of carbonyl (C=O) groups excluding carboxylic acids is 1. The van der Waals surface area contributed by atoms with Crippen LogP contribution in [0, 0.1) is 5.92 Å². The van der Waals surface area contributed by atoms with E-state index in [4.69, 9.17) is 5.11 Å². The lowest BCUT2D eigenvalue weighted by Crippen LogP contribution is -2.41. The third-order valence-corrected chi connectivity index (χ3v) is 4.24. The second kappa shape index (κ2) is 7.45. The zero-order chi connectivity index (χ0) is 15.2. The quantitative estimate of drug-likeness (QED) is 0.868. The molecule has 1 aromatic rings. The van der Waals surface area contributed by atoms with Crippen molar-refractivity contribution in [3.63, 3.8) is 0 Å². The van der Waals surface area contributed by atoms with Gasteiger partial charge in [-0.2, -0.15) is 0 Å². The summed E-state index contributed by atoms with van der Waals surface area (Å²) in [4.78, 5) is 24.5. The molecule has 1 heterocycles. The summed E-state index contributed by atoms with van der Waals surface area (Å²) in [7, 11) is 0. The van der Waals surface area contributed by atoms with E-state index >= 15 is 0 Å². The molecule has 0 aliphatic carbocycles. The van der Waals surface area contributed by atoms with Crippen LogP contribution in [0.4, 0.5) is 10.5 Å². The van der Waals surface area contributed by atoms with Crippen LogP contribution in [0.5, 0.6) is 0 Å². The molecular formula is C15H19BrN2O3. The normalized spacial score (nSPS) is 15.8. The number of piperidine rings is 1. The largest absolute Gasteiger partial charge is 0.481 e. The van der Waals surface area contributed by atoms with Gasteiger partial charge in [0.2, 0.25) is 0 Å². The Balaban J connectivity index is 1.79. The molecule has 0 atom stereocenters. The van der Waals surface area contributed by atoms with Crippen LogP contribution in [0.3, 0.4) is 0 Å². The molecule has 0 saturated carbocycles. The lowest BCUT2D eigenvalue weighted by Gasteiger charge is -2.31. The summed E-state index contributed by atoms with van der Waals surface area (Å²) in [6.45, 7) is 1.37. The van der Waals surface area contributed by atoms with E-state index in [1.807, 2.05) is 24.3 Å². The van der Waals surface area contributed by atoms with Gasteiger partial charge in [-0.15, -0.1) is 0 Å². The van der Waals surface area contributed by atoms with Gasteiger partial charge in [0.15, 0.2) is 0 Å². The summed E-state index contributed by atoms with van der Waals surface area (Å²) in [5.41, 5.74) is 0.766. The second-order valence-corrected chi connectivity index (χ2v) is 6.22. The van der Waals surface area contributed by atoms with E-state index in [1.165, 1.54) is 0 Å². The molecule has 0 bridgehead atoms. The number of benzene rings is 1. The number of hydrogen-bond acceptors (Lipinski definition) is 2. The number of carbonyl (C=O) groups is 2. The summed E-state index contributed by atoms with van der Waals surface area (Å²) in [6.07, 6.45) is 2.67. The molecular weight excluding hydrogens is 336 g/mol. The Labute approximate surface area is 132 Å². The SMILES string of the molecule is O=C(O)CCC1CCN(C(=O)Nc2cccc(Br)c2)CC1. The van der Waals surface area contributed by atoms with Crippen LogP contribution in [0.1, 0.15) is 25.7 Å². The molecule has 6 heteroatoms. The number of carboxylic acids is 1. The molecule has 1 fully saturated rings. The van der Waals surface area contributed by atoms with Crippen molar-refractivity contribution in [1.82, 2.24) is 4.90 Å². The van der Waals surface area contributed by atoms with Crippen LogP contribution >= 0.6 is 15.9 Å². The van der Waals surface area contributed by atoms with Gasteiger partial charge >= 0.3 is 12.0 Å². The molecule has 2 amide bonds. The Morgan fingerprint density at radius 2 is 2.05 bits per heavy atom. The van der Waals surface area contributed by atoms with Gasteiger partial charge in [0.05, 0.1) is 0 Å². The lowest BCUT2D eigenvalue weighted by molar-refractivity contribution is -0.137. The fourth-order valence-electron chi connectivity index (χ4n) is 2.52. The molecule has 1 saturated heterocycles. The molecule has 21 heavy (non-hydrogen) atoms. The van der Waals surface area contributed by atoms with Gasteiger partial charge in [-0.25, -0.2) is 4.79 Å². The summed E-state index contributed by atoms with van der Waals surface area (Å²) < 4.78 is 0.924. The van der Waals surface area contributed by atoms with Crippen molar-refractivity contribution < 1.29 is 14.7 Å². The van der Waals surface area contributed by atoms with Gasteiger partial charge < -0.3 is 15.3 Å². The molecule has 1 aromatic carbocycles. The minimum atomic E-state index is -0.746. The minimum Gasteiger partial charge on any atom is -0.481 e. The Kier molecular flexibility index (Phi) is 5.61. The average Bonchev–Trinajstić information content (AvgIpc) is 2.45. The van der Waals surface area contributed by atoms with Crippen molar-refractivity contribution in [2.24, 2.45) is 5.92 Å². The molecule has 1 aliphatic heterocycles. The minimum absolute atomic E-state index is 0.0928. The zero-order valence-corrected chi connectivity index (χ0v) is 13.3. The second-order valence-electron chi connectivity index (χ2n) is 5.30. The fraction of sp³-hybridized carbons (Fsp3) is 0.467. The maximum absolute atomic E-state index is 12.2. The first-order valence-electron chi connectivity index (χ1n) is 7.08. The number of urea groups is 1. The predicted molar refractivity (Wildman–Crippen MR) is 84.3 cm³/mol. The van der Waals surface area contributed by atoms with Crippen molar-refractivity contribution in [3.8, 4) is 0 Å². The highest BCUT2D eigenvalue weighted by Crippen LogP contribution is 2.23. The van der Waals surface area contributed by atoms with Crippen LogP contribution in [0.15, 0.2) is 28.7 Å². The summed E-state index contributed by atoms with van der Waals surface area (Å²) in [6, 6.07) is 7.39. The topological polar surface area (TPSA) is 69.6 Å². The van der Waals surface area contributed by atoms with Gasteiger partial charge in [0.1, 0.15) is 0 Å². The summed E-state index contributed by atoms with van der Waals surface area (Å²) in [5, 5.41) is 11.6. The molecule has 2 rings (SSSR count). The first-order valence-corrected chi connectivity index (χ1v) is 7.87. The van der Waals surface area contributed by atoms with Crippen molar-refractivity contribution in [2.75, 3.05) is 18.4 Å². The van der Waals surface area contributed by atoms with E-state index in [9.17, 15) is 9.59 Å². The number of aliphatic carboxylic acids is 1. The first-order chi connectivity index (χ1) is 10.0. The Morgan fingerprint density at radius 1 is 1.33 bits per heavy atom. The number of rotatable bonds is 4. The van der Waals surface area contributed by atoms with E-state index in [2.05, 4.69) is 21.2 Å². The van der Waals surface area contributed by atoms with E-state index in [0.717, 1.165) is 23.0 Å². The third kappa shape index (κ3) is 5.04. The van der Waals surface area contributed by atoms with Gasteiger partial charge in [-0.1, -0.05) is 22.0 Å². The predicted octanol–water partition coefficient (Wildman–Crippen LogP) is 3.56. The fourth-order valence-corrected chi connectivity index (χ4v) is 2.92. The molecule has 2 N–H and O–H groups in total. The molecule has 0 radical (unpaired) electrons. The van der Waals surface area contributed by atoms with Crippen LogP contribution in [-0.4, -0.2) is 35.1 Å². The Morgan fingerprint density at radius 3 is 2.67 bits per heavy atom. The van der Waals surface area contributed by atoms with E-state index in [0.29, 0.717) is 25.4 Å². The van der Waals surface area contributed by atoms with Crippen molar-refractivity contribution in [2.45, 2.75) is 25.7 Å². The van der Waals surface area contributed by atoms with E-state index in [-0.39, 0.29) is 12.5 Å². The highest BCUT2D eigenvalue weighted by Gasteiger charge is 2.23. The van der Waals surface area contributed by atoms with E-state index < -0.39 is 5.97 Å². The maximum atomic E-state index is 12.2. The summed E-state index contributed by atoms with van der Waals surface area (Å²) >= 11 is 3.37. The standard InChI is InChI=1S/C15H19BrN2O3/c16-12-2-1-3-13(10-12)17-15(21)18-8-6-11(7-9-18)4-5-14(19)20/h1-3,10-11H,4-9H2,(H,17,21)(H,19,20). The molecule has 5 nitrogen and oxygen atoms in total. The van der Waals surface area contributed by atoms with Gasteiger partial charge in [-0.05, 0) is 43.4 Å². The number of carboxylic acid groups (broad SMARTS) is 1. The van der Waals surface area contributed by atoms with Crippen LogP contribution in [0.25, 0.3) is 0 Å². The molecule has 0 unspecified atom stereocenters. The van der Waals surface area contributed by atoms with Crippen molar-refractivity contribution in [1.29, 1.82) is 0 Å². The number of amides is 2. The number of likely N-dealkylation sites (tertiary alicyclic amines) is 1. The smallest absolute Gasteiger partial charge is 0.321 e. The van der Waals surface area contributed by atoms with Gasteiger partial charge in [0, 0.05) is 29.7 Å². The van der Waals surface area contributed by atoms with Crippen LogP contribution in [-0.2, 0) is 4.79 Å². The highest BCUT2D eigenvalue weighted by atomic mass is 79.9. The third-order valence-electron chi connectivity index (χ3n) is 3.74. The lowest BCUT2D eigenvalue weighted by atomic mass is 9.92. The zero-order valence-electron chi connectivity index (χ0n) is 11.7. The number of anilines is 1. The van der Waals surface area contributed by atoms with Crippen LogP contribution < -0.4 is 5.32 Å². The molecule has 0 spiro atoms. The van der Waals surface area contributed by atoms with Gasteiger partial charge in [0.25, 0.3) is 0 Å². The molecule has 114 valence electrons. The monoisotopic (exact) mass is 354 g/mol. The molecule has 1 aliphatic rings. The maximum Gasteiger partial charge on any atom is 0.321 e. The highest BCUT2D eigenvalue weighted by molar-refractivity contribution is 9.10. The van der Waals surface area contributed by atoms with Crippen molar-refractivity contribution >= 4 is 33.6 Å². The Bertz CT molecular complexity index is 513. The first kappa shape index (κ1) is 15.8. The van der Waals surface area contributed by atoms with Crippen LogP contribution in [0.2, 0.25) is 0 Å². The van der Waals surface area contributed by atoms with Gasteiger partial charge in [-0.3, -0.25) is 4.79 Å². The number of halogens is 1. The Hall–Kier alpha value is -1.56. The summed E-state index contributed by atoms with van der Waals surface area (Å²) in [5.74, 6) is -0.333. The molecule has 0 aromatic heterocycles. The number of nitrogens with one attached hydrogen (secondary N) is 1. The average molecular weight is 355 g/mol. The van der Waals surface area contributed by atoms with Crippen molar-refractivity contribution in [3.05, 3.63) is 28.7 Å². The number of hydrogen-bond donors (Lipinski definition) is 2. The van der Waals surface area contributed by atoms with E-state index in [1.54, 1.807) is 4.90 Å².